The van der Waals surface area contributed by atoms with Crippen LogP contribution >= 0.6 is 23.2 Å². The molecule has 2 aromatic rings. The number of benzene rings is 1. The zero-order chi connectivity index (χ0) is 19.9. The zero-order valence-corrected chi connectivity index (χ0v) is 16.0. The number of carbonyl (C=O) groups is 3. The van der Waals surface area contributed by atoms with Crippen LogP contribution in [0.5, 0.6) is 0 Å². The maximum atomic E-state index is 13.6. The Hall–Kier alpha value is -2.31. The Morgan fingerprint density at radius 2 is 1.89 bits per heavy atom. The van der Waals surface area contributed by atoms with Gasteiger partial charge in [0.15, 0.2) is 0 Å². The summed E-state index contributed by atoms with van der Waals surface area (Å²) >= 11 is 11.7. The normalized spacial score (nSPS) is 19.9. The number of Topliss-reactive ketones (excluding diaryl/α,β-unsaturated/α-hetero) is 2. The number of aromatic nitrogens is 1. The average Bonchev–Trinajstić information content (AvgIpc) is 2.89. The van der Waals surface area contributed by atoms with E-state index in [9.17, 15) is 18.8 Å². The fourth-order valence-electron chi connectivity index (χ4n) is 3.09. The summed E-state index contributed by atoms with van der Waals surface area (Å²) in [6.45, 7) is 3.31. The highest BCUT2D eigenvalue weighted by molar-refractivity contribution is 6.48. The maximum absolute atomic E-state index is 13.6. The molecule has 0 bridgehead atoms. The van der Waals surface area contributed by atoms with E-state index in [4.69, 9.17) is 23.2 Å². The molecular weight excluding hydrogens is 394 g/mol. The van der Waals surface area contributed by atoms with Crippen LogP contribution < -0.4 is 4.90 Å². The van der Waals surface area contributed by atoms with Crippen LogP contribution in [0.3, 0.4) is 0 Å². The summed E-state index contributed by atoms with van der Waals surface area (Å²) in [5.41, 5.74) is 0.540. The lowest BCUT2D eigenvalue weighted by Gasteiger charge is -2.27. The lowest BCUT2D eigenvalue weighted by molar-refractivity contribution is -0.139. The third-order valence-electron chi connectivity index (χ3n) is 4.42. The largest absolute Gasteiger partial charge is 0.298 e. The van der Waals surface area contributed by atoms with Gasteiger partial charge in [0.1, 0.15) is 17.5 Å². The van der Waals surface area contributed by atoms with Crippen molar-refractivity contribution in [3.05, 3.63) is 58.1 Å². The maximum Gasteiger partial charge on any atom is 0.295 e. The molecule has 0 N–H and O–H groups in total. The predicted octanol–water partition coefficient (Wildman–Crippen LogP) is 4.03. The number of rotatable bonds is 4. The van der Waals surface area contributed by atoms with Crippen molar-refractivity contribution in [3.8, 4) is 0 Å². The van der Waals surface area contributed by atoms with Crippen LogP contribution in [-0.2, 0) is 14.4 Å². The van der Waals surface area contributed by atoms with E-state index in [1.165, 1.54) is 18.3 Å². The van der Waals surface area contributed by atoms with Crippen LogP contribution in [0.4, 0.5) is 10.1 Å². The minimum atomic E-state index is -1.21. The summed E-state index contributed by atoms with van der Waals surface area (Å²) < 4.78 is 13.6. The van der Waals surface area contributed by atoms with Gasteiger partial charge in [0.05, 0.1) is 21.8 Å². The first-order chi connectivity index (χ1) is 12.7. The molecule has 140 valence electrons. The summed E-state index contributed by atoms with van der Waals surface area (Å²) in [6.07, 6.45) is 1.37. The number of hydrogen-bond donors (Lipinski definition) is 0. The minimum Gasteiger partial charge on any atom is -0.298 e. The molecule has 2 heterocycles. The molecule has 0 spiro atoms. The SMILES string of the molecule is CC(C)C(=O)C1C(=O)C(=O)N(c2ccc(F)c(Cl)c2)C1c1ccc(Cl)cn1. The molecule has 1 fully saturated rings. The second kappa shape index (κ2) is 7.37. The number of nitrogens with zero attached hydrogens (tertiary/aromatic N) is 2. The summed E-state index contributed by atoms with van der Waals surface area (Å²) in [7, 11) is 0. The molecule has 27 heavy (non-hydrogen) atoms. The molecule has 0 radical (unpaired) electrons. The van der Waals surface area contributed by atoms with Gasteiger partial charge in [-0.2, -0.15) is 0 Å². The second-order valence-corrected chi connectivity index (χ2v) is 7.36. The highest BCUT2D eigenvalue weighted by atomic mass is 35.5. The van der Waals surface area contributed by atoms with E-state index in [-0.39, 0.29) is 16.5 Å². The van der Waals surface area contributed by atoms with Crippen molar-refractivity contribution in [2.45, 2.75) is 19.9 Å². The molecular formula is C19H15Cl2FN2O3. The Labute approximate surface area is 165 Å². The summed E-state index contributed by atoms with van der Waals surface area (Å²) in [5, 5.41) is 0.173. The molecule has 1 amide bonds. The van der Waals surface area contributed by atoms with Gasteiger partial charge >= 0.3 is 0 Å². The van der Waals surface area contributed by atoms with Crippen LogP contribution in [0.2, 0.25) is 10.0 Å². The number of hydrogen-bond acceptors (Lipinski definition) is 4. The van der Waals surface area contributed by atoms with Crippen LogP contribution in [0.15, 0.2) is 36.5 Å². The van der Waals surface area contributed by atoms with Crippen molar-refractivity contribution in [3.63, 3.8) is 0 Å². The van der Waals surface area contributed by atoms with E-state index in [1.54, 1.807) is 26.0 Å². The van der Waals surface area contributed by atoms with E-state index in [1.807, 2.05) is 0 Å². The Bertz CT molecular complexity index is 931. The third kappa shape index (κ3) is 3.47. The fraction of sp³-hybridized carbons (Fsp3) is 0.263. The molecule has 1 aliphatic rings. The van der Waals surface area contributed by atoms with Gasteiger partial charge in [-0.15, -0.1) is 0 Å². The Kier molecular flexibility index (Phi) is 5.31. The van der Waals surface area contributed by atoms with E-state index in [2.05, 4.69) is 4.98 Å². The van der Waals surface area contributed by atoms with Crippen LogP contribution in [-0.4, -0.2) is 22.5 Å². The quantitative estimate of drug-likeness (QED) is 0.565. The first-order valence-electron chi connectivity index (χ1n) is 8.20. The zero-order valence-electron chi connectivity index (χ0n) is 14.4. The highest BCUT2D eigenvalue weighted by Gasteiger charge is 2.53. The van der Waals surface area contributed by atoms with Crippen molar-refractivity contribution < 1.29 is 18.8 Å². The number of halogens is 3. The Morgan fingerprint density at radius 1 is 1.19 bits per heavy atom. The molecule has 1 aromatic heterocycles. The number of anilines is 1. The van der Waals surface area contributed by atoms with E-state index < -0.39 is 35.4 Å². The van der Waals surface area contributed by atoms with E-state index >= 15 is 0 Å². The van der Waals surface area contributed by atoms with Gasteiger partial charge in [-0.3, -0.25) is 24.3 Å². The van der Waals surface area contributed by atoms with Gasteiger partial charge in [0.2, 0.25) is 5.78 Å². The molecule has 1 aromatic carbocycles. The smallest absolute Gasteiger partial charge is 0.295 e. The first-order valence-corrected chi connectivity index (χ1v) is 8.95. The topological polar surface area (TPSA) is 67.3 Å². The van der Waals surface area contributed by atoms with Gasteiger partial charge in [-0.25, -0.2) is 4.39 Å². The molecule has 2 unspecified atom stereocenters. The molecule has 0 aliphatic carbocycles. The van der Waals surface area contributed by atoms with Crippen molar-refractivity contribution in [1.29, 1.82) is 0 Å². The molecule has 1 aliphatic heterocycles. The van der Waals surface area contributed by atoms with Crippen molar-refractivity contribution in [1.82, 2.24) is 4.98 Å². The third-order valence-corrected chi connectivity index (χ3v) is 4.93. The summed E-state index contributed by atoms with van der Waals surface area (Å²) in [6, 6.07) is 5.82. The first kappa shape index (κ1) is 19.5. The second-order valence-electron chi connectivity index (χ2n) is 6.52. The van der Waals surface area contributed by atoms with Gasteiger partial charge < -0.3 is 0 Å². The van der Waals surface area contributed by atoms with Crippen LogP contribution in [0.25, 0.3) is 0 Å². The lowest BCUT2D eigenvalue weighted by atomic mass is 9.86. The van der Waals surface area contributed by atoms with Crippen molar-refractivity contribution in [2.24, 2.45) is 11.8 Å². The summed E-state index contributed by atoms with van der Waals surface area (Å²) in [4.78, 5) is 43.4. The molecule has 2 atom stereocenters. The molecule has 5 nitrogen and oxygen atoms in total. The lowest BCUT2D eigenvalue weighted by Crippen LogP contribution is -2.32. The van der Waals surface area contributed by atoms with E-state index in [0.717, 1.165) is 11.0 Å². The molecule has 8 heteroatoms. The average molecular weight is 409 g/mol. The Balaban J connectivity index is 2.18. The van der Waals surface area contributed by atoms with E-state index in [0.29, 0.717) is 10.7 Å². The molecule has 1 saturated heterocycles. The number of amides is 1. The Morgan fingerprint density at radius 3 is 2.44 bits per heavy atom. The van der Waals surface area contributed by atoms with Gasteiger partial charge in [-0.1, -0.05) is 37.0 Å². The summed E-state index contributed by atoms with van der Waals surface area (Å²) in [5.74, 6) is -4.39. The number of carbonyl (C=O) groups excluding carboxylic acids is 3. The van der Waals surface area contributed by atoms with Crippen molar-refractivity contribution in [2.75, 3.05) is 4.90 Å². The monoisotopic (exact) mass is 408 g/mol. The van der Waals surface area contributed by atoms with Crippen LogP contribution in [0, 0.1) is 17.7 Å². The standard InChI is InChI=1S/C19H15Cl2FN2O3/c1-9(2)17(25)15-16(14-6-3-10(20)8-23-14)24(19(27)18(15)26)11-4-5-13(22)12(21)7-11/h3-9,15-16H,1-2H3. The minimum absolute atomic E-state index is 0.200. The molecule has 3 rings (SSSR count). The van der Waals surface area contributed by atoms with Gasteiger partial charge in [0, 0.05) is 17.8 Å². The van der Waals surface area contributed by atoms with Gasteiger partial charge in [0.25, 0.3) is 5.91 Å². The highest BCUT2D eigenvalue weighted by Crippen LogP contribution is 2.41. The molecule has 0 saturated carbocycles. The fourth-order valence-corrected chi connectivity index (χ4v) is 3.38. The van der Waals surface area contributed by atoms with Crippen LogP contribution in [0.1, 0.15) is 25.6 Å². The number of pyridine rings is 1. The predicted molar refractivity (Wildman–Crippen MR) is 99.2 cm³/mol. The van der Waals surface area contributed by atoms with Crippen molar-refractivity contribution >= 4 is 46.4 Å². The van der Waals surface area contributed by atoms with Gasteiger partial charge in [-0.05, 0) is 30.3 Å². The number of ketones is 2.